The van der Waals surface area contributed by atoms with Gasteiger partial charge in [0.15, 0.2) is 22.5 Å². The molecule has 0 saturated heterocycles. The van der Waals surface area contributed by atoms with Crippen LogP contribution >= 0.6 is 23.4 Å². The quantitative estimate of drug-likeness (QED) is 0.151. The highest BCUT2D eigenvalue weighted by molar-refractivity contribution is 7.99. The fourth-order valence-corrected chi connectivity index (χ4v) is 4.48. The molecule has 0 unspecified atom stereocenters. The van der Waals surface area contributed by atoms with Gasteiger partial charge in [0.25, 0.3) is 5.91 Å². The van der Waals surface area contributed by atoms with Crippen LogP contribution in [0.15, 0.2) is 77.0 Å². The molecule has 0 saturated carbocycles. The molecule has 9 nitrogen and oxygen atoms in total. The number of ether oxygens (including phenoxy) is 1. The summed E-state index contributed by atoms with van der Waals surface area (Å²) in [6.45, 7) is 2.40. The van der Waals surface area contributed by atoms with E-state index in [1.807, 2.05) is 60.0 Å². The number of para-hydroxylation sites is 2. The molecule has 0 bridgehead atoms. The van der Waals surface area contributed by atoms with Gasteiger partial charge >= 0.3 is 0 Å². The molecule has 4 aromatic rings. The van der Waals surface area contributed by atoms with Crippen LogP contribution in [0.2, 0.25) is 5.02 Å². The first-order valence-electron chi connectivity index (χ1n) is 11.3. The van der Waals surface area contributed by atoms with Gasteiger partial charge in [0.1, 0.15) is 0 Å². The summed E-state index contributed by atoms with van der Waals surface area (Å²) in [5.41, 5.74) is 5.73. The molecular weight excluding hydrogens is 512 g/mol. The molecule has 0 aliphatic rings. The van der Waals surface area contributed by atoms with Gasteiger partial charge in [0.05, 0.1) is 25.6 Å². The predicted molar refractivity (Wildman–Crippen MR) is 146 cm³/mol. The highest BCUT2D eigenvalue weighted by Crippen LogP contribution is 2.28. The van der Waals surface area contributed by atoms with Gasteiger partial charge in [-0.1, -0.05) is 47.6 Å². The van der Waals surface area contributed by atoms with Gasteiger partial charge in [-0.25, -0.2) is 5.43 Å². The van der Waals surface area contributed by atoms with Crippen LogP contribution in [0.3, 0.4) is 0 Å². The lowest BCUT2D eigenvalue weighted by Gasteiger charge is -2.12. The summed E-state index contributed by atoms with van der Waals surface area (Å²) in [4.78, 5) is 12.4. The molecule has 4 rings (SSSR count). The van der Waals surface area contributed by atoms with Crippen molar-refractivity contribution in [2.24, 2.45) is 5.10 Å². The number of phenolic OH excluding ortho intramolecular Hbond substituents is 1. The minimum Gasteiger partial charge on any atom is -0.504 e. The minimum atomic E-state index is -0.331. The molecule has 0 radical (unpaired) electrons. The van der Waals surface area contributed by atoms with Crippen molar-refractivity contribution in [1.29, 1.82) is 0 Å². The Balaban J connectivity index is 1.44. The zero-order valence-electron chi connectivity index (χ0n) is 20.2. The molecule has 1 heterocycles. The molecule has 0 aliphatic heterocycles. The molecule has 3 N–H and O–H groups in total. The zero-order valence-corrected chi connectivity index (χ0v) is 21.8. The van der Waals surface area contributed by atoms with Gasteiger partial charge in [-0.2, -0.15) is 5.10 Å². The second-order valence-corrected chi connectivity index (χ2v) is 9.24. The first-order valence-corrected chi connectivity index (χ1v) is 12.6. The number of amides is 1. The topological polar surface area (TPSA) is 114 Å². The second kappa shape index (κ2) is 12.3. The Hall–Kier alpha value is -4.02. The van der Waals surface area contributed by atoms with Gasteiger partial charge in [-0.3, -0.25) is 9.36 Å². The Labute approximate surface area is 223 Å². The zero-order chi connectivity index (χ0) is 26.2. The third kappa shape index (κ3) is 6.60. The molecule has 1 amide bonds. The van der Waals surface area contributed by atoms with Crippen LogP contribution in [0.5, 0.6) is 11.5 Å². The average molecular weight is 537 g/mol. The summed E-state index contributed by atoms with van der Waals surface area (Å²) in [5.74, 6) is 0.694. The Morgan fingerprint density at radius 3 is 2.73 bits per heavy atom. The van der Waals surface area contributed by atoms with E-state index in [1.54, 1.807) is 18.2 Å². The van der Waals surface area contributed by atoms with E-state index < -0.39 is 0 Å². The average Bonchev–Trinajstić information content (AvgIpc) is 3.31. The maximum atomic E-state index is 12.4. The monoisotopic (exact) mass is 536 g/mol. The third-order valence-corrected chi connectivity index (χ3v) is 6.48. The highest BCUT2D eigenvalue weighted by Gasteiger charge is 2.16. The van der Waals surface area contributed by atoms with Gasteiger partial charge in [0.2, 0.25) is 0 Å². The number of halogens is 1. The number of carbonyl (C=O) groups is 1. The van der Waals surface area contributed by atoms with Crippen molar-refractivity contribution >= 4 is 41.2 Å². The number of aromatic nitrogens is 3. The van der Waals surface area contributed by atoms with Crippen LogP contribution < -0.4 is 15.5 Å². The molecule has 1 aromatic heterocycles. The van der Waals surface area contributed by atoms with Gasteiger partial charge in [0, 0.05) is 22.0 Å². The maximum Gasteiger partial charge on any atom is 0.250 e. The molecule has 0 spiro atoms. The number of benzene rings is 3. The number of phenols is 1. The van der Waals surface area contributed by atoms with Crippen molar-refractivity contribution in [3.8, 4) is 17.2 Å². The Kier molecular flexibility index (Phi) is 8.65. The summed E-state index contributed by atoms with van der Waals surface area (Å²) in [7, 11) is 1.46. The number of aryl methyl sites for hydroxylation is 1. The van der Waals surface area contributed by atoms with Gasteiger partial charge in [-0.15, -0.1) is 10.2 Å². The van der Waals surface area contributed by atoms with Crippen LogP contribution in [0, 0.1) is 6.92 Å². The standard InChI is InChI=1S/C26H25ClN6O3S/c1-17-13-19(27)11-12-21(17)28-15-23-30-32-26(33(23)20-8-4-3-5-9-20)37-16-24(34)31-29-14-18-7-6-10-22(36-2)25(18)35/h3-14,28,35H,15-16H2,1-2H3,(H,31,34)/b29-14+. The third-order valence-electron chi connectivity index (χ3n) is 5.32. The number of methoxy groups -OCH3 is 1. The van der Waals surface area contributed by atoms with Crippen molar-refractivity contribution in [3.05, 3.63) is 88.7 Å². The van der Waals surface area contributed by atoms with Crippen LogP contribution in [-0.4, -0.2) is 44.9 Å². The van der Waals surface area contributed by atoms with Crippen LogP contribution in [0.4, 0.5) is 5.69 Å². The number of anilines is 1. The lowest BCUT2D eigenvalue weighted by molar-refractivity contribution is -0.118. The number of carbonyl (C=O) groups excluding carboxylic acids is 1. The SMILES string of the molecule is COc1cccc(/C=N/NC(=O)CSc2nnc(CNc3ccc(Cl)cc3C)n2-c2ccccc2)c1O. The molecule has 37 heavy (non-hydrogen) atoms. The predicted octanol–water partition coefficient (Wildman–Crippen LogP) is 4.80. The van der Waals surface area contributed by atoms with E-state index in [9.17, 15) is 9.90 Å². The first-order chi connectivity index (χ1) is 18.0. The summed E-state index contributed by atoms with van der Waals surface area (Å²) >= 11 is 7.31. The molecular formula is C26H25ClN6O3S. The second-order valence-electron chi connectivity index (χ2n) is 7.86. The number of aromatic hydroxyl groups is 1. The molecule has 0 atom stereocenters. The van der Waals surface area contributed by atoms with E-state index in [0.717, 1.165) is 16.9 Å². The molecule has 0 fully saturated rings. The Morgan fingerprint density at radius 2 is 1.97 bits per heavy atom. The van der Waals surface area contributed by atoms with Crippen LogP contribution in [-0.2, 0) is 11.3 Å². The summed E-state index contributed by atoms with van der Waals surface area (Å²) in [6, 6.07) is 20.4. The van der Waals surface area contributed by atoms with Crippen molar-refractivity contribution in [2.75, 3.05) is 18.2 Å². The molecule has 11 heteroatoms. The highest BCUT2D eigenvalue weighted by atomic mass is 35.5. The Morgan fingerprint density at radius 1 is 1.16 bits per heavy atom. The van der Waals surface area contributed by atoms with Gasteiger partial charge < -0.3 is 15.2 Å². The van der Waals surface area contributed by atoms with Crippen molar-refractivity contribution in [2.45, 2.75) is 18.6 Å². The number of hydrazone groups is 1. The smallest absolute Gasteiger partial charge is 0.250 e. The lowest BCUT2D eigenvalue weighted by atomic mass is 10.2. The van der Waals surface area contributed by atoms with Gasteiger partial charge in [-0.05, 0) is 55.0 Å². The summed E-state index contributed by atoms with van der Waals surface area (Å²) < 4.78 is 6.99. The normalized spacial score (nSPS) is 11.0. The first kappa shape index (κ1) is 26.1. The largest absolute Gasteiger partial charge is 0.504 e. The van der Waals surface area contributed by atoms with Crippen molar-refractivity contribution in [1.82, 2.24) is 20.2 Å². The number of hydrogen-bond acceptors (Lipinski definition) is 8. The van der Waals surface area contributed by atoms with Crippen LogP contribution in [0.25, 0.3) is 5.69 Å². The Bertz CT molecular complexity index is 1410. The molecule has 0 aliphatic carbocycles. The van der Waals surface area contributed by atoms with Crippen molar-refractivity contribution < 1.29 is 14.6 Å². The fraction of sp³-hybridized carbons (Fsp3) is 0.154. The fourth-order valence-electron chi connectivity index (χ4n) is 3.49. The molecule has 190 valence electrons. The summed E-state index contributed by atoms with van der Waals surface area (Å²) in [6.07, 6.45) is 1.36. The van der Waals surface area contributed by atoms with E-state index in [0.29, 0.717) is 33.9 Å². The van der Waals surface area contributed by atoms with E-state index in [-0.39, 0.29) is 17.4 Å². The van der Waals surface area contributed by atoms with E-state index in [4.69, 9.17) is 16.3 Å². The minimum absolute atomic E-state index is 0.0525. The maximum absolute atomic E-state index is 12.4. The van der Waals surface area contributed by atoms with E-state index >= 15 is 0 Å². The number of nitrogens with zero attached hydrogens (tertiary/aromatic N) is 4. The van der Waals surface area contributed by atoms with E-state index in [2.05, 4.69) is 26.0 Å². The van der Waals surface area contributed by atoms with Crippen LogP contribution in [0.1, 0.15) is 17.0 Å². The molecule has 3 aromatic carbocycles. The van der Waals surface area contributed by atoms with Crippen molar-refractivity contribution in [3.63, 3.8) is 0 Å². The number of nitrogens with one attached hydrogen (secondary N) is 2. The number of rotatable bonds is 10. The summed E-state index contributed by atoms with van der Waals surface area (Å²) in [5, 5.41) is 27.4. The number of hydrogen-bond donors (Lipinski definition) is 3. The number of thioether (sulfide) groups is 1. The lowest BCUT2D eigenvalue weighted by Crippen LogP contribution is -2.20. The van der Waals surface area contributed by atoms with E-state index in [1.165, 1.54) is 25.1 Å².